The highest BCUT2D eigenvalue weighted by Crippen LogP contribution is 2.40. The number of hydrogen-bond donors (Lipinski definition) is 0. The molecule has 0 saturated carbocycles. The van der Waals surface area contributed by atoms with Crippen molar-refractivity contribution in [2.75, 3.05) is 0 Å². The number of fused-ring (bicyclic) bond motifs is 6. The molecule has 0 fully saturated rings. The smallest absolute Gasteiger partial charge is 0.164 e. The highest BCUT2D eigenvalue weighted by molar-refractivity contribution is 6.08. The normalized spacial score (nSPS) is 12.6. The van der Waals surface area contributed by atoms with E-state index in [-0.39, 0.29) is 0 Å². The van der Waals surface area contributed by atoms with E-state index < -0.39 is 0 Å². The lowest BCUT2D eigenvalue weighted by Gasteiger charge is -2.12. The van der Waals surface area contributed by atoms with Crippen LogP contribution in [-0.4, -0.2) is 35.3 Å². The van der Waals surface area contributed by atoms with E-state index in [4.69, 9.17) is 24.9 Å². The molecule has 50 heavy (non-hydrogen) atoms. The maximum absolute atomic E-state index is 4.96. The third-order valence-corrected chi connectivity index (χ3v) is 9.54. The van der Waals surface area contributed by atoms with Crippen LogP contribution in [0.5, 0.6) is 0 Å². The molecule has 236 valence electrons. The number of pyridine rings is 1. The van der Waals surface area contributed by atoms with Gasteiger partial charge in [0.2, 0.25) is 0 Å². The number of rotatable bonds is 5. The summed E-state index contributed by atoms with van der Waals surface area (Å²) in [5, 5.41) is 3.56. The number of aliphatic imine (C=N–C) groups is 1. The van der Waals surface area contributed by atoms with Crippen LogP contribution in [0.25, 0.3) is 78.4 Å². The first-order valence-corrected chi connectivity index (χ1v) is 16.8. The molecule has 5 aromatic carbocycles. The summed E-state index contributed by atoms with van der Waals surface area (Å²) in [5.74, 6) is 2.90. The van der Waals surface area contributed by atoms with E-state index >= 15 is 0 Å². The molecule has 7 heteroatoms. The van der Waals surface area contributed by atoms with Crippen molar-refractivity contribution in [2.24, 2.45) is 4.99 Å². The van der Waals surface area contributed by atoms with Gasteiger partial charge >= 0.3 is 0 Å². The van der Waals surface area contributed by atoms with Crippen molar-refractivity contribution in [3.05, 3.63) is 151 Å². The maximum atomic E-state index is 4.96. The van der Waals surface area contributed by atoms with Crippen LogP contribution in [0.3, 0.4) is 0 Å². The third kappa shape index (κ3) is 4.55. The second-order valence-corrected chi connectivity index (χ2v) is 12.5. The molecule has 0 amide bonds. The minimum atomic E-state index is 0.631. The molecule has 0 saturated heterocycles. The quantitative estimate of drug-likeness (QED) is 0.187. The second-order valence-electron chi connectivity index (χ2n) is 12.5. The second kappa shape index (κ2) is 11.5. The van der Waals surface area contributed by atoms with Crippen molar-refractivity contribution in [2.45, 2.75) is 12.8 Å². The molecule has 0 bridgehead atoms. The van der Waals surface area contributed by atoms with Crippen LogP contribution in [0, 0.1) is 0 Å². The summed E-state index contributed by atoms with van der Waals surface area (Å²) in [4.78, 5) is 24.5. The summed E-state index contributed by atoms with van der Waals surface area (Å²) >= 11 is 0. The highest BCUT2D eigenvalue weighted by atomic mass is 15.1. The van der Waals surface area contributed by atoms with Crippen molar-refractivity contribution < 1.29 is 0 Å². The van der Waals surface area contributed by atoms with E-state index in [9.17, 15) is 0 Å². The van der Waals surface area contributed by atoms with Crippen molar-refractivity contribution in [3.8, 4) is 45.5 Å². The van der Waals surface area contributed by atoms with E-state index in [1.54, 1.807) is 0 Å². The number of benzene rings is 5. The molecular weight excluding hydrogens is 615 g/mol. The van der Waals surface area contributed by atoms with Gasteiger partial charge in [-0.05, 0) is 73.5 Å². The Morgan fingerprint density at radius 3 is 1.80 bits per heavy atom. The van der Waals surface area contributed by atoms with Crippen LogP contribution in [-0.2, 0) is 6.42 Å². The largest absolute Gasteiger partial charge is 0.294 e. The van der Waals surface area contributed by atoms with E-state index in [2.05, 4.69) is 81.9 Å². The summed E-state index contributed by atoms with van der Waals surface area (Å²) in [6.45, 7) is 0. The Balaban J connectivity index is 1.10. The highest BCUT2D eigenvalue weighted by Gasteiger charge is 2.22. The van der Waals surface area contributed by atoms with Gasteiger partial charge in [-0.2, -0.15) is 0 Å². The van der Waals surface area contributed by atoms with Gasteiger partial charge in [0.25, 0.3) is 0 Å². The van der Waals surface area contributed by atoms with Gasteiger partial charge in [-0.25, -0.2) is 24.9 Å². The lowest BCUT2D eigenvalue weighted by Crippen LogP contribution is -2.01. The van der Waals surface area contributed by atoms with Crippen LogP contribution in [0.15, 0.2) is 151 Å². The van der Waals surface area contributed by atoms with Crippen LogP contribution >= 0.6 is 0 Å². The molecule has 0 unspecified atom stereocenters. The van der Waals surface area contributed by atoms with E-state index in [1.165, 1.54) is 16.3 Å². The zero-order valence-corrected chi connectivity index (χ0v) is 27.0. The molecule has 1 aliphatic rings. The predicted molar refractivity (Wildman–Crippen MR) is 202 cm³/mol. The van der Waals surface area contributed by atoms with Crippen molar-refractivity contribution in [3.63, 3.8) is 0 Å². The average molecular weight is 644 g/mol. The fourth-order valence-electron chi connectivity index (χ4n) is 7.23. The number of aromatic nitrogens is 6. The lowest BCUT2D eigenvalue weighted by molar-refractivity contribution is 1.000. The van der Waals surface area contributed by atoms with Gasteiger partial charge in [0, 0.05) is 62.2 Å². The molecule has 0 N–H and O–H groups in total. The average Bonchev–Trinajstić information content (AvgIpc) is 3.71. The molecule has 7 nitrogen and oxygen atoms in total. The summed E-state index contributed by atoms with van der Waals surface area (Å²) < 4.78 is 4.55. The van der Waals surface area contributed by atoms with Crippen LogP contribution in [0.4, 0.5) is 5.82 Å². The summed E-state index contributed by atoms with van der Waals surface area (Å²) in [6.07, 6.45) is 5.75. The monoisotopic (exact) mass is 643 g/mol. The Morgan fingerprint density at radius 1 is 0.480 bits per heavy atom. The van der Waals surface area contributed by atoms with Gasteiger partial charge in [-0.1, -0.05) is 78.9 Å². The van der Waals surface area contributed by atoms with Crippen molar-refractivity contribution >= 4 is 44.9 Å². The number of hydrogen-bond acceptors (Lipinski definition) is 5. The van der Waals surface area contributed by atoms with Gasteiger partial charge in [-0.3, -0.25) is 9.13 Å². The number of para-hydroxylation sites is 1. The SMILES string of the molecule is C1=Nc2c(c3cc(-n4c5ccccc5c5cccnc54)ccc3n2-c2ccc(-c3nc(-c4ccccc4)nc(-c4ccccc4)n3)cc2)CC1. The van der Waals surface area contributed by atoms with E-state index in [1.807, 2.05) is 79.1 Å². The predicted octanol–water partition coefficient (Wildman–Crippen LogP) is 9.96. The number of aryl methyl sites for hydroxylation is 1. The Bertz CT molecular complexity index is 2630. The standard InChI is InChI=1S/C43H29N7/c1-3-11-28(12-4-1)39-46-40(29-13-5-2-6-14-29)48-41(47-39)30-19-21-31(22-20-30)49-38-24-23-32(27-36(38)35-17-10-26-45-43(35)49)50-37-18-8-7-15-33(37)34-16-9-25-44-42(34)50/h1-9,11-16,18-27H,10,17H2. The van der Waals surface area contributed by atoms with Gasteiger partial charge in [0.15, 0.2) is 17.5 Å². The summed E-state index contributed by atoms with van der Waals surface area (Å²) in [5.41, 5.74) is 9.42. The van der Waals surface area contributed by atoms with Crippen molar-refractivity contribution in [1.29, 1.82) is 0 Å². The van der Waals surface area contributed by atoms with Gasteiger partial charge in [0.1, 0.15) is 11.5 Å². The van der Waals surface area contributed by atoms with Crippen LogP contribution < -0.4 is 0 Å². The summed E-state index contributed by atoms with van der Waals surface area (Å²) in [7, 11) is 0. The number of nitrogens with zero attached hydrogens (tertiary/aromatic N) is 7. The van der Waals surface area contributed by atoms with Gasteiger partial charge in [-0.15, -0.1) is 0 Å². The first-order chi connectivity index (χ1) is 24.8. The molecule has 5 heterocycles. The molecule has 0 radical (unpaired) electrons. The van der Waals surface area contributed by atoms with Gasteiger partial charge in [0.05, 0.1) is 11.0 Å². The minimum Gasteiger partial charge on any atom is -0.294 e. The lowest BCUT2D eigenvalue weighted by atomic mass is 10.1. The topological polar surface area (TPSA) is 73.8 Å². The third-order valence-electron chi connectivity index (χ3n) is 9.54. The van der Waals surface area contributed by atoms with Gasteiger partial charge < -0.3 is 0 Å². The molecule has 0 atom stereocenters. The molecule has 0 spiro atoms. The summed E-state index contributed by atoms with van der Waals surface area (Å²) in [6, 6.07) is 48.0. The molecule has 9 aromatic rings. The van der Waals surface area contributed by atoms with E-state index in [0.717, 1.165) is 68.8 Å². The van der Waals surface area contributed by atoms with Crippen LogP contribution in [0.1, 0.15) is 12.0 Å². The maximum Gasteiger partial charge on any atom is 0.164 e. The molecule has 10 rings (SSSR count). The fraction of sp³-hybridized carbons (Fsp3) is 0.0465. The van der Waals surface area contributed by atoms with Crippen molar-refractivity contribution in [1.82, 2.24) is 29.1 Å². The Labute approximate surface area is 287 Å². The fourth-order valence-corrected chi connectivity index (χ4v) is 7.23. The van der Waals surface area contributed by atoms with Crippen LogP contribution in [0.2, 0.25) is 0 Å². The zero-order valence-electron chi connectivity index (χ0n) is 27.0. The molecule has 1 aliphatic heterocycles. The van der Waals surface area contributed by atoms with E-state index in [0.29, 0.717) is 17.5 Å². The molecule has 4 aromatic heterocycles. The Morgan fingerprint density at radius 2 is 1.08 bits per heavy atom. The first kappa shape index (κ1) is 28.3. The Kier molecular flexibility index (Phi) is 6.48. The molecule has 0 aliphatic carbocycles. The zero-order chi connectivity index (χ0) is 33.0. The Hall–Kier alpha value is -6.73. The molecular formula is C43H29N7. The first-order valence-electron chi connectivity index (χ1n) is 16.8. The minimum absolute atomic E-state index is 0.631.